The summed E-state index contributed by atoms with van der Waals surface area (Å²) in [6.07, 6.45) is -0.776. The molecule has 1 atom stereocenters. The molecular formula is C22H24N2O5. The highest BCUT2D eigenvalue weighted by atomic mass is 16.5. The lowest BCUT2D eigenvalue weighted by Gasteiger charge is -2.32. The molecule has 0 radical (unpaired) electrons. The molecular weight excluding hydrogens is 372 g/mol. The predicted octanol–water partition coefficient (Wildman–Crippen LogP) is 3.43. The summed E-state index contributed by atoms with van der Waals surface area (Å²) in [5.74, 6) is 0.143. The molecule has 29 heavy (non-hydrogen) atoms. The molecule has 0 saturated heterocycles. The van der Waals surface area contributed by atoms with Crippen LogP contribution < -0.4 is 19.7 Å². The third-order valence-corrected chi connectivity index (χ3v) is 4.40. The monoisotopic (exact) mass is 396 g/mol. The maximum atomic E-state index is 12.7. The molecule has 2 aromatic rings. The number of carbonyl (C=O) groups is 3. The number of carbonyl (C=O) groups excluding carboxylic acids is 3. The van der Waals surface area contributed by atoms with Gasteiger partial charge in [0.25, 0.3) is 5.91 Å². The SMILES string of the molecule is CC(=O)c1ccc2c(c1)N(CC(=O)Nc1ccccc1OC(C)C)C(=O)C(C)O2. The summed E-state index contributed by atoms with van der Waals surface area (Å²) >= 11 is 0. The molecule has 152 valence electrons. The van der Waals surface area contributed by atoms with Crippen LogP contribution in [0.25, 0.3) is 0 Å². The summed E-state index contributed by atoms with van der Waals surface area (Å²) in [7, 11) is 0. The summed E-state index contributed by atoms with van der Waals surface area (Å²) < 4.78 is 11.3. The first kappa shape index (κ1) is 20.4. The summed E-state index contributed by atoms with van der Waals surface area (Å²) in [6.45, 7) is 6.65. The lowest BCUT2D eigenvalue weighted by molar-refractivity contribution is -0.127. The van der Waals surface area contributed by atoms with E-state index in [4.69, 9.17) is 9.47 Å². The number of para-hydroxylation sites is 2. The number of anilines is 2. The van der Waals surface area contributed by atoms with E-state index in [2.05, 4.69) is 5.32 Å². The Balaban J connectivity index is 1.84. The van der Waals surface area contributed by atoms with Crippen LogP contribution in [0, 0.1) is 0 Å². The van der Waals surface area contributed by atoms with Crippen molar-refractivity contribution >= 4 is 29.0 Å². The number of fused-ring (bicyclic) bond motifs is 1. The van der Waals surface area contributed by atoms with Crippen molar-refractivity contribution in [2.24, 2.45) is 0 Å². The van der Waals surface area contributed by atoms with Gasteiger partial charge < -0.3 is 14.8 Å². The van der Waals surface area contributed by atoms with Crippen molar-refractivity contribution in [3.8, 4) is 11.5 Å². The first-order valence-electron chi connectivity index (χ1n) is 9.45. The predicted molar refractivity (Wildman–Crippen MR) is 110 cm³/mol. The maximum absolute atomic E-state index is 12.7. The van der Waals surface area contributed by atoms with E-state index in [0.29, 0.717) is 28.4 Å². The Bertz CT molecular complexity index is 954. The van der Waals surface area contributed by atoms with E-state index in [1.807, 2.05) is 19.9 Å². The molecule has 2 aromatic carbocycles. The lowest BCUT2D eigenvalue weighted by Crippen LogP contribution is -2.47. The van der Waals surface area contributed by atoms with Crippen molar-refractivity contribution < 1.29 is 23.9 Å². The molecule has 0 bridgehead atoms. The zero-order chi connectivity index (χ0) is 21.1. The molecule has 7 heteroatoms. The highest BCUT2D eigenvalue weighted by Gasteiger charge is 2.33. The average molecular weight is 396 g/mol. The Morgan fingerprint density at radius 2 is 1.93 bits per heavy atom. The second-order valence-corrected chi connectivity index (χ2v) is 7.13. The molecule has 1 aliphatic heterocycles. The third-order valence-electron chi connectivity index (χ3n) is 4.40. The second-order valence-electron chi connectivity index (χ2n) is 7.13. The summed E-state index contributed by atoms with van der Waals surface area (Å²) in [5.41, 5.74) is 1.37. The number of ether oxygens (including phenoxy) is 2. The number of nitrogens with one attached hydrogen (secondary N) is 1. The maximum Gasteiger partial charge on any atom is 0.268 e. The molecule has 3 rings (SSSR count). The van der Waals surface area contributed by atoms with Crippen molar-refractivity contribution in [2.45, 2.75) is 39.9 Å². The molecule has 0 aromatic heterocycles. The number of amides is 2. The molecule has 0 fully saturated rings. The highest BCUT2D eigenvalue weighted by Crippen LogP contribution is 2.35. The minimum Gasteiger partial charge on any atom is -0.489 e. The quantitative estimate of drug-likeness (QED) is 0.756. The fourth-order valence-electron chi connectivity index (χ4n) is 3.05. The van der Waals surface area contributed by atoms with E-state index in [-0.39, 0.29) is 30.2 Å². The van der Waals surface area contributed by atoms with Crippen LogP contribution in [0.1, 0.15) is 38.1 Å². The first-order valence-corrected chi connectivity index (χ1v) is 9.45. The van der Waals surface area contributed by atoms with E-state index in [1.165, 1.54) is 11.8 Å². The van der Waals surface area contributed by atoms with E-state index in [1.54, 1.807) is 43.3 Å². The third kappa shape index (κ3) is 4.56. The Labute approximate surface area is 169 Å². The Hall–Kier alpha value is -3.35. The van der Waals surface area contributed by atoms with Gasteiger partial charge in [0.05, 0.1) is 17.5 Å². The number of benzene rings is 2. The van der Waals surface area contributed by atoms with Crippen molar-refractivity contribution in [2.75, 3.05) is 16.8 Å². The lowest BCUT2D eigenvalue weighted by atomic mass is 10.1. The zero-order valence-electron chi connectivity index (χ0n) is 16.9. The second kappa shape index (κ2) is 8.34. The number of hydrogen-bond acceptors (Lipinski definition) is 5. The van der Waals surface area contributed by atoms with Crippen molar-refractivity contribution in [3.63, 3.8) is 0 Å². The van der Waals surface area contributed by atoms with Crippen molar-refractivity contribution in [1.82, 2.24) is 0 Å². The topological polar surface area (TPSA) is 84.9 Å². The first-order chi connectivity index (χ1) is 13.8. The number of nitrogens with zero attached hydrogens (tertiary/aromatic N) is 1. The fourth-order valence-corrected chi connectivity index (χ4v) is 3.05. The van der Waals surface area contributed by atoms with Crippen molar-refractivity contribution in [1.29, 1.82) is 0 Å². The smallest absolute Gasteiger partial charge is 0.268 e. The van der Waals surface area contributed by atoms with E-state index < -0.39 is 6.10 Å². The van der Waals surface area contributed by atoms with Gasteiger partial charge in [0, 0.05) is 5.56 Å². The molecule has 7 nitrogen and oxygen atoms in total. The number of hydrogen-bond donors (Lipinski definition) is 1. The van der Waals surface area contributed by atoms with Crippen LogP contribution in [0.4, 0.5) is 11.4 Å². The van der Waals surface area contributed by atoms with Gasteiger partial charge in [-0.2, -0.15) is 0 Å². The van der Waals surface area contributed by atoms with Gasteiger partial charge in [0.15, 0.2) is 11.9 Å². The molecule has 0 spiro atoms. The van der Waals surface area contributed by atoms with Gasteiger partial charge in [-0.25, -0.2) is 0 Å². The minimum atomic E-state index is -0.727. The van der Waals surface area contributed by atoms with Gasteiger partial charge >= 0.3 is 0 Å². The van der Waals surface area contributed by atoms with Crippen LogP contribution in [0.2, 0.25) is 0 Å². The van der Waals surface area contributed by atoms with Gasteiger partial charge in [-0.3, -0.25) is 19.3 Å². The number of rotatable bonds is 6. The normalized spacial score (nSPS) is 15.6. The molecule has 0 aliphatic carbocycles. The van der Waals surface area contributed by atoms with Crippen LogP contribution in [0.15, 0.2) is 42.5 Å². The Morgan fingerprint density at radius 1 is 1.21 bits per heavy atom. The van der Waals surface area contributed by atoms with Crippen LogP contribution >= 0.6 is 0 Å². The van der Waals surface area contributed by atoms with Crippen LogP contribution in [0.3, 0.4) is 0 Å². The Kier molecular flexibility index (Phi) is 5.87. The molecule has 2 amide bonds. The molecule has 1 unspecified atom stereocenters. The van der Waals surface area contributed by atoms with Crippen molar-refractivity contribution in [3.05, 3.63) is 48.0 Å². The van der Waals surface area contributed by atoms with Gasteiger partial charge in [0.1, 0.15) is 18.0 Å². The average Bonchev–Trinajstić information content (AvgIpc) is 2.66. The number of Topliss-reactive ketones (excluding diaryl/α,β-unsaturated/α-hetero) is 1. The standard InChI is InChI=1S/C22H24N2O5/c1-13(2)28-19-8-6-5-7-17(19)23-21(26)12-24-18-11-16(14(3)25)9-10-20(18)29-15(4)22(24)27/h5-11,13,15H,12H2,1-4H3,(H,23,26). The van der Waals surface area contributed by atoms with Gasteiger partial charge in [-0.05, 0) is 58.0 Å². The van der Waals surface area contributed by atoms with E-state index in [9.17, 15) is 14.4 Å². The van der Waals surface area contributed by atoms with Gasteiger partial charge in [-0.1, -0.05) is 12.1 Å². The van der Waals surface area contributed by atoms with Gasteiger partial charge in [-0.15, -0.1) is 0 Å². The largest absolute Gasteiger partial charge is 0.489 e. The van der Waals surface area contributed by atoms with E-state index in [0.717, 1.165) is 0 Å². The fraction of sp³-hybridized carbons (Fsp3) is 0.318. The summed E-state index contributed by atoms with van der Waals surface area (Å²) in [6, 6.07) is 12.0. The zero-order valence-corrected chi connectivity index (χ0v) is 16.9. The summed E-state index contributed by atoms with van der Waals surface area (Å²) in [5, 5.41) is 2.80. The molecule has 1 heterocycles. The number of ketones is 1. The molecule has 0 saturated carbocycles. The minimum absolute atomic E-state index is 0.0494. The van der Waals surface area contributed by atoms with Crippen LogP contribution in [-0.2, 0) is 9.59 Å². The molecule has 1 N–H and O–H groups in total. The van der Waals surface area contributed by atoms with Crippen LogP contribution in [-0.4, -0.2) is 36.4 Å². The summed E-state index contributed by atoms with van der Waals surface area (Å²) in [4.78, 5) is 38.5. The highest BCUT2D eigenvalue weighted by molar-refractivity contribution is 6.07. The van der Waals surface area contributed by atoms with E-state index >= 15 is 0 Å². The molecule has 1 aliphatic rings. The van der Waals surface area contributed by atoms with Crippen LogP contribution in [0.5, 0.6) is 11.5 Å². The van der Waals surface area contributed by atoms with Gasteiger partial charge in [0.2, 0.25) is 5.91 Å². The Morgan fingerprint density at radius 3 is 2.62 bits per heavy atom.